The summed E-state index contributed by atoms with van der Waals surface area (Å²) in [7, 11) is 0. The van der Waals surface area contributed by atoms with Gasteiger partial charge in [0.05, 0.1) is 13.1 Å². The number of fused-ring (bicyclic) bond motifs is 1. The van der Waals surface area contributed by atoms with Crippen molar-refractivity contribution in [2.75, 3.05) is 18.0 Å². The van der Waals surface area contributed by atoms with Crippen LogP contribution in [0.4, 0.5) is 9.80 Å². The zero-order chi connectivity index (χ0) is 20.7. The van der Waals surface area contributed by atoms with E-state index in [0.29, 0.717) is 18.1 Å². The molecule has 2 aliphatic heterocycles. The number of anilines is 1. The van der Waals surface area contributed by atoms with Gasteiger partial charge in [0.25, 0.3) is 5.56 Å². The van der Waals surface area contributed by atoms with Crippen LogP contribution in [0.2, 0.25) is 5.02 Å². The molecule has 6 nitrogen and oxygen atoms in total. The molecule has 0 N–H and O–H groups in total. The molecule has 3 aromatic rings. The van der Waals surface area contributed by atoms with Gasteiger partial charge in [-0.1, -0.05) is 35.9 Å². The first kappa shape index (κ1) is 19.4. The number of halogens is 1. The first-order valence-corrected chi connectivity index (χ1v) is 11.0. The topological polar surface area (TPSA) is 54.8 Å². The van der Waals surface area contributed by atoms with E-state index in [2.05, 4.69) is 29.2 Å². The van der Waals surface area contributed by atoms with Crippen molar-refractivity contribution < 1.29 is 9.53 Å². The number of carbonyl (C=O) groups excluding carboxylic acids is 1. The van der Waals surface area contributed by atoms with E-state index in [1.807, 2.05) is 11.4 Å². The van der Waals surface area contributed by atoms with Crippen molar-refractivity contribution in [3.63, 3.8) is 0 Å². The average Bonchev–Trinajstić information content (AvgIpc) is 3.42. The molecule has 2 aromatic heterocycles. The van der Waals surface area contributed by atoms with Crippen LogP contribution in [-0.2, 0) is 24.4 Å². The molecule has 1 amide bonds. The second-order valence-electron chi connectivity index (χ2n) is 7.66. The maximum atomic E-state index is 12.5. The third-order valence-electron chi connectivity index (χ3n) is 5.46. The highest BCUT2D eigenvalue weighted by Gasteiger charge is 2.35. The zero-order valence-corrected chi connectivity index (χ0v) is 17.7. The average molecular weight is 442 g/mol. The van der Waals surface area contributed by atoms with Gasteiger partial charge >= 0.3 is 6.09 Å². The third kappa shape index (κ3) is 3.88. The van der Waals surface area contributed by atoms with Crippen molar-refractivity contribution >= 4 is 34.0 Å². The molecular formula is C22H20ClN3O3S. The molecule has 2 aliphatic rings. The number of hydrogen-bond donors (Lipinski definition) is 0. The van der Waals surface area contributed by atoms with Gasteiger partial charge in [0, 0.05) is 36.9 Å². The van der Waals surface area contributed by atoms with E-state index in [0.717, 1.165) is 30.2 Å². The number of aromatic nitrogens is 1. The molecule has 0 unspecified atom stereocenters. The molecule has 4 heterocycles. The number of hydrogen-bond acceptors (Lipinski definition) is 5. The molecule has 0 spiro atoms. The summed E-state index contributed by atoms with van der Waals surface area (Å²) >= 11 is 7.34. The van der Waals surface area contributed by atoms with Crippen molar-refractivity contribution in [1.29, 1.82) is 0 Å². The summed E-state index contributed by atoms with van der Waals surface area (Å²) in [4.78, 5) is 28.5. The predicted octanol–water partition coefficient (Wildman–Crippen LogP) is 3.95. The van der Waals surface area contributed by atoms with E-state index in [1.54, 1.807) is 21.7 Å². The molecule has 30 heavy (non-hydrogen) atoms. The summed E-state index contributed by atoms with van der Waals surface area (Å²) in [5, 5.41) is 3.23. The second kappa shape index (κ2) is 7.91. The number of thiophene rings is 1. The highest BCUT2D eigenvalue weighted by Crippen LogP contribution is 2.30. The Morgan fingerprint density at radius 1 is 1.10 bits per heavy atom. The molecule has 1 fully saturated rings. The van der Waals surface area contributed by atoms with Gasteiger partial charge in [-0.15, -0.1) is 11.3 Å². The van der Waals surface area contributed by atoms with Crippen molar-refractivity contribution in [2.24, 2.45) is 0 Å². The van der Waals surface area contributed by atoms with Gasteiger partial charge in [-0.3, -0.25) is 14.6 Å². The van der Waals surface area contributed by atoms with E-state index in [-0.39, 0.29) is 17.8 Å². The maximum absolute atomic E-state index is 12.5. The zero-order valence-electron chi connectivity index (χ0n) is 16.2. The van der Waals surface area contributed by atoms with E-state index in [1.165, 1.54) is 28.5 Å². The van der Waals surface area contributed by atoms with Crippen LogP contribution in [0.25, 0.3) is 0 Å². The fourth-order valence-corrected chi connectivity index (χ4v) is 5.08. The molecule has 1 atom stereocenters. The fourth-order valence-electron chi connectivity index (χ4n) is 4.02. The molecule has 1 saturated heterocycles. The summed E-state index contributed by atoms with van der Waals surface area (Å²) in [6.45, 7) is 3.47. The molecule has 154 valence electrons. The Bertz CT molecular complexity index is 1130. The van der Waals surface area contributed by atoms with Crippen molar-refractivity contribution in [2.45, 2.75) is 25.7 Å². The molecule has 1 aromatic carbocycles. The number of cyclic esters (lactones) is 1. The highest BCUT2D eigenvalue weighted by atomic mass is 35.5. The van der Waals surface area contributed by atoms with Crippen LogP contribution >= 0.6 is 22.9 Å². The van der Waals surface area contributed by atoms with Gasteiger partial charge in [0.1, 0.15) is 11.1 Å². The Morgan fingerprint density at radius 2 is 1.87 bits per heavy atom. The molecule has 8 heteroatoms. The number of benzene rings is 1. The Kier molecular flexibility index (Phi) is 5.10. The molecule has 5 rings (SSSR count). The fraction of sp³-hybridized carbons (Fsp3) is 0.273. The van der Waals surface area contributed by atoms with Gasteiger partial charge in [0.2, 0.25) is 0 Å². The summed E-state index contributed by atoms with van der Waals surface area (Å²) < 4.78 is 7.22. The van der Waals surface area contributed by atoms with Crippen LogP contribution in [0.5, 0.6) is 0 Å². The van der Waals surface area contributed by atoms with Crippen molar-refractivity contribution in [3.8, 4) is 0 Å². The monoisotopic (exact) mass is 441 g/mol. The second-order valence-corrected chi connectivity index (χ2v) is 8.99. The number of pyridine rings is 1. The first-order chi connectivity index (χ1) is 14.5. The van der Waals surface area contributed by atoms with Crippen LogP contribution in [0.1, 0.15) is 16.7 Å². The van der Waals surface area contributed by atoms with Gasteiger partial charge < -0.3 is 9.30 Å². The number of carbonyl (C=O) groups is 1. The Balaban J connectivity index is 1.23. The summed E-state index contributed by atoms with van der Waals surface area (Å²) in [5.74, 6) is 0. The van der Waals surface area contributed by atoms with Crippen molar-refractivity contribution in [1.82, 2.24) is 9.47 Å². The third-order valence-corrected chi connectivity index (χ3v) is 6.69. The standard InChI is InChI=1S/C22H20ClN3O3S/c23-18-5-6-25(20(27)8-18)9-15-7-21(30-14-15)26-13-19(29-22(26)28)12-24-10-16-3-1-2-4-17(16)11-24/h1-8,14,19H,9-13H2/t19-/m0/s1. The molecule has 0 radical (unpaired) electrons. The van der Waals surface area contributed by atoms with E-state index < -0.39 is 0 Å². The van der Waals surface area contributed by atoms with E-state index >= 15 is 0 Å². The summed E-state index contributed by atoms with van der Waals surface area (Å²) in [5.41, 5.74) is 3.51. The molecule has 0 bridgehead atoms. The quantitative estimate of drug-likeness (QED) is 0.601. The first-order valence-electron chi connectivity index (χ1n) is 9.76. The molecule has 0 aliphatic carbocycles. The normalized spacial score (nSPS) is 18.6. The lowest BCUT2D eigenvalue weighted by Gasteiger charge is -2.18. The van der Waals surface area contributed by atoms with Gasteiger partial charge in [-0.2, -0.15) is 0 Å². The number of amides is 1. The van der Waals surface area contributed by atoms with Gasteiger partial charge in [-0.25, -0.2) is 4.79 Å². The largest absolute Gasteiger partial charge is 0.443 e. The highest BCUT2D eigenvalue weighted by molar-refractivity contribution is 7.14. The Hall–Kier alpha value is -2.61. The predicted molar refractivity (Wildman–Crippen MR) is 117 cm³/mol. The van der Waals surface area contributed by atoms with Crippen LogP contribution in [-0.4, -0.2) is 34.8 Å². The minimum absolute atomic E-state index is 0.150. The van der Waals surface area contributed by atoms with Crippen LogP contribution < -0.4 is 10.5 Å². The number of nitrogens with zero attached hydrogens (tertiary/aromatic N) is 3. The lowest BCUT2D eigenvalue weighted by Crippen LogP contribution is -2.31. The van der Waals surface area contributed by atoms with E-state index in [9.17, 15) is 9.59 Å². The Morgan fingerprint density at radius 3 is 2.60 bits per heavy atom. The minimum atomic E-state index is -0.311. The van der Waals surface area contributed by atoms with E-state index in [4.69, 9.17) is 16.3 Å². The lowest BCUT2D eigenvalue weighted by atomic mass is 10.1. The summed E-state index contributed by atoms with van der Waals surface area (Å²) in [6, 6.07) is 13.5. The smallest absolute Gasteiger partial charge is 0.415 e. The number of ether oxygens (including phenoxy) is 1. The number of rotatable bonds is 5. The van der Waals surface area contributed by atoms with Crippen molar-refractivity contribution in [3.05, 3.63) is 86.1 Å². The summed E-state index contributed by atoms with van der Waals surface area (Å²) in [6.07, 6.45) is 1.21. The molecule has 0 saturated carbocycles. The van der Waals surface area contributed by atoms with Crippen LogP contribution in [0.15, 0.2) is 58.8 Å². The van der Waals surface area contributed by atoms with Gasteiger partial charge in [-0.05, 0) is 34.2 Å². The van der Waals surface area contributed by atoms with Crippen LogP contribution in [0, 0.1) is 0 Å². The Labute approximate surface area is 182 Å². The SMILES string of the molecule is O=C1O[C@@H](CN2Cc3ccccc3C2)CN1c1cc(Cn2ccc(Cl)cc2=O)cs1. The van der Waals surface area contributed by atoms with Gasteiger partial charge in [0.15, 0.2) is 0 Å². The maximum Gasteiger partial charge on any atom is 0.415 e. The lowest BCUT2D eigenvalue weighted by molar-refractivity contribution is 0.108. The van der Waals surface area contributed by atoms with Crippen LogP contribution in [0.3, 0.4) is 0 Å². The minimum Gasteiger partial charge on any atom is -0.443 e. The molecular weight excluding hydrogens is 422 g/mol.